The molecule has 4 aromatic rings. The minimum absolute atomic E-state index is 0.0678. The fraction of sp³-hybridized carbons (Fsp3) is 0.0909. The Bertz CT molecular complexity index is 1510. The summed E-state index contributed by atoms with van der Waals surface area (Å²) in [7, 11) is 1.22. The number of aryl methyl sites for hydroxylation is 1. The Balaban J connectivity index is 1.69. The highest BCUT2D eigenvalue weighted by Gasteiger charge is 2.39. The summed E-state index contributed by atoms with van der Waals surface area (Å²) >= 11 is 5.78. The first-order valence-corrected chi connectivity index (χ1v) is 10.6. The van der Waals surface area contributed by atoms with Crippen LogP contribution in [-0.4, -0.2) is 37.0 Å². The molecule has 2 aromatic carbocycles. The predicted molar refractivity (Wildman–Crippen MR) is 123 cm³/mol. The van der Waals surface area contributed by atoms with Gasteiger partial charge in [-0.05, 0) is 36.4 Å². The van der Waals surface area contributed by atoms with Crippen LogP contribution in [0.2, 0.25) is 5.02 Å². The number of halogens is 6. The standard InChI is InChI=1S/C22H15ClF5N7O2/c1-35-9-12(19(34-35)22(26,27)28)20(37)31-21(29-11-3-4-14(24)13(23)7-11)30-18-8-16(32-33-18)10-2-5-17(36)15(25)6-10/h2-9,36H,1H3,(H3,29,30,31,32,33,37). The van der Waals surface area contributed by atoms with Gasteiger partial charge in [-0.15, -0.1) is 0 Å². The van der Waals surface area contributed by atoms with Gasteiger partial charge in [0.15, 0.2) is 23.1 Å². The molecule has 0 bridgehead atoms. The van der Waals surface area contributed by atoms with Gasteiger partial charge in [0, 0.05) is 30.6 Å². The number of benzene rings is 2. The maximum atomic E-state index is 13.7. The number of amides is 1. The van der Waals surface area contributed by atoms with Crippen LogP contribution in [-0.2, 0) is 13.2 Å². The van der Waals surface area contributed by atoms with E-state index in [-0.39, 0.29) is 28.2 Å². The molecular formula is C22H15ClF5N7O2. The fourth-order valence-electron chi connectivity index (χ4n) is 3.14. The maximum absolute atomic E-state index is 13.7. The molecule has 0 aliphatic heterocycles. The number of aromatic hydroxyl groups is 1. The van der Waals surface area contributed by atoms with Crippen LogP contribution in [0.5, 0.6) is 5.75 Å². The number of anilines is 1. The van der Waals surface area contributed by atoms with Crippen LogP contribution in [0.15, 0.2) is 53.7 Å². The predicted octanol–water partition coefficient (Wildman–Crippen LogP) is 5.00. The number of carbonyl (C=O) groups excluding carboxylic acids is 1. The van der Waals surface area contributed by atoms with Crippen LogP contribution in [0.4, 0.5) is 33.5 Å². The summed E-state index contributed by atoms with van der Waals surface area (Å²) < 4.78 is 68.1. The van der Waals surface area contributed by atoms with Crippen molar-refractivity contribution in [1.29, 1.82) is 0 Å². The normalized spacial score (nSPS) is 12.0. The highest BCUT2D eigenvalue weighted by molar-refractivity contribution is 6.31. The Morgan fingerprint density at radius 2 is 1.89 bits per heavy atom. The highest BCUT2D eigenvalue weighted by atomic mass is 35.5. The zero-order chi connectivity index (χ0) is 26.9. The fourth-order valence-corrected chi connectivity index (χ4v) is 3.32. The summed E-state index contributed by atoms with van der Waals surface area (Å²) in [5.41, 5.74) is -1.46. The van der Waals surface area contributed by atoms with E-state index < -0.39 is 40.7 Å². The Kier molecular flexibility index (Phi) is 6.85. The number of nitrogens with zero attached hydrogens (tertiary/aromatic N) is 4. The van der Waals surface area contributed by atoms with Gasteiger partial charge >= 0.3 is 6.18 Å². The molecule has 0 aliphatic rings. The van der Waals surface area contributed by atoms with E-state index in [2.05, 4.69) is 30.9 Å². The van der Waals surface area contributed by atoms with Crippen LogP contribution < -0.4 is 10.6 Å². The number of H-pyrrole nitrogens is 1. The number of aromatic amines is 1. The number of hydrogen-bond acceptors (Lipinski definition) is 5. The lowest BCUT2D eigenvalue weighted by Gasteiger charge is -2.12. The number of nitrogens with one attached hydrogen (secondary N) is 3. The zero-order valence-corrected chi connectivity index (χ0v) is 19.3. The molecule has 15 heteroatoms. The number of rotatable bonds is 4. The number of guanidine groups is 1. The third kappa shape index (κ3) is 5.86. The van der Waals surface area contributed by atoms with Gasteiger partial charge in [-0.1, -0.05) is 11.6 Å². The van der Waals surface area contributed by atoms with E-state index >= 15 is 0 Å². The first-order chi connectivity index (χ1) is 17.4. The van der Waals surface area contributed by atoms with Gasteiger partial charge in [0.1, 0.15) is 5.82 Å². The van der Waals surface area contributed by atoms with Crippen LogP contribution in [0.25, 0.3) is 11.3 Å². The number of carbonyl (C=O) groups is 1. The van der Waals surface area contributed by atoms with Crippen LogP contribution >= 0.6 is 11.6 Å². The van der Waals surface area contributed by atoms with Crippen molar-refractivity contribution in [2.24, 2.45) is 12.0 Å². The molecule has 37 heavy (non-hydrogen) atoms. The van der Waals surface area contributed by atoms with E-state index in [4.69, 9.17) is 11.6 Å². The molecule has 0 atom stereocenters. The van der Waals surface area contributed by atoms with Gasteiger partial charge < -0.3 is 10.4 Å². The van der Waals surface area contributed by atoms with Gasteiger partial charge in [0.05, 0.1) is 16.3 Å². The van der Waals surface area contributed by atoms with Crippen molar-refractivity contribution in [3.05, 3.63) is 76.6 Å². The molecule has 0 radical (unpaired) electrons. The van der Waals surface area contributed by atoms with Crippen molar-refractivity contribution < 1.29 is 31.9 Å². The van der Waals surface area contributed by atoms with Gasteiger partial charge in [-0.3, -0.25) is 19.9 Å². The first-order valence-electron chi connectivity index (χ1n) is 10.2. The smallest absolute Gasteiger partial charge is 0.435 e. The molecular weight excluding hydrogens is 525 g/mol. The summed E-state index contributed by atoms with van der Waals surface area (Å²) in [4.78, 5) is 16.9. The third-order valence-corrected chi connectivity index (χ3v) is 5.10. The molecule has 0 aliphatic carbocycles. The van der Waals surface area contributed by atoms with Crippen molar-refractivity contribution >= 4 is 35.0 Å². The molecule has 2 heterocycles. The largest absolute Gasteiger partial charge is 0.505 e. The maximum Gasteiger partial charge on any atom is 0.435 e. The summed E-state index contributed by atoms with van der Waals surface area (Å²) in [5.74, 6) is -3.81. The Morgan fingerprint density at radius 3 is 2.57 bits per heavy atom. The van der Waals surface area contributed by atoms with Crippen LogP contribution in [0.3, 0.4) is 0 Å². The van der Waals surface area contributed by atoms with Crippen molar-refractivity contribution in [2.45, 2.75) is 6.18 Å². The van der Waals surface area contributed by atoms with Gasteiger partial charge in [-0.2, -0.15) is 28.4 Å². The molecule has 1 amide bonds. The molecule has 2 aromatic heterocycles. The lowest BCUT2D eigenvalue weighted by Crippen LogP contribution is -2.36. The van der Waals surface area contributed by atoms with E-state index in [1.54, 1.807) is 0 Å². The second-order valence-electron chi connectivity index (χ2n) is 7.54. The molecule has 4 N–H and O–H groups in total. The zero-order valence-electron chi connectivity index (χ0n) is 18.5. The Labute approximate surface area is 209 Å². The molecule has 0 saturated carbocycles. The average Bonchev–Trinajstić information content (AvgIpc) is 3.45. The summed E-state index contributed by atoms with van der Waals surface area (Å²) in [6.45, 7) is 0. The molecule has 0 saturated heterocycles. The highest BCUT2D eigenvalue weighted by Crippen LogP contribution is 2.31. The number of hydrogen-bond donors (Lipinski definition) is 4. The second-order valence-corrected chi connectivity index (χ2v) is 7.94. The molecule has 9 nitrogen and oxygen atoms in total. The van der Waals surface area contributed by atoms with Crippen molar-refractivity contribution in [3.63, 3.8) is 0 Å². The number of aliphatic imine (C=N–C) groups is 1. The molecule has 192 valence electrons. The van der Waals surface area contributed by atoms with E-state index in [0.717, 1.165) is 29.1 Å². The first kappa shape index (κ1) is 25.6. The number of phenols is 1. The minimum Gasteiger partial charge on any atom is -0.505 e. The molecule has 0 fully saturated rings. The SMILES string of the molecule is Cn1cc(C(=O)NC(=Nc2cc(-c3ccc(O)c(F)c3)[nH]n2)Nc2ccc(F)c(Cl)c2)c(C(F)(F)F)n1. The van der Waals surface area contributed by atoms with E-state index in [1.165, 1.54) is 31.3 Å². The average molecular weight is 540 g/mol. The van der Waals surface area contributed by atoms with Gasteiger partial charge in [0.25, 0.3) is 5.91 Å². The van der Waals surface area contributed by atoms with E-state index in [9.17, 15) is 31.9 Å². The van der Waals surface area contributed by atoms with Crippen molar-refractivity contribution in [1.82, 2.24) is 25.3 Å². The van der Waals surface area contributed by atoms with Gasteiger partial charge in [-0.25, -0.2) is 8.78 Å². The number of aromatic nitrogens is 4. The lowest BCUT2D eigenvalue weighted by atomic mass is 10.1. The summed E-state index contributed by atoms with van der Waals surface area (Å²) in [6.07, 6.45) is -4.02. The summed E-state index contributed by atoms with van der Waals surface area (Å²) in [5, 5.41) is 23.8. The van der Waals surface area contributed by atoms with E-state index in [0.29, 0.717) is 5.56 Å². The van der Waals surface area contributed by atoms with Gasteiger partial charge in [0.2, 0.25) is 5.96 Å². The number of alkyl halides is 3. The minimum atomic E-state index is -4.90. The lowest BCUT2D eigenvalue weighted by molar-refractivity contribution is -0.141. The van der Waals surface area contributed by atoms with Crippen molar-refractivity contribution in [2.75, 3.05) is 5.32 Å². The monoisotopic (exact) mass is 539 g/mol. The topological polar surface area (TPSA) is 120 Å². The molecule has 0 spiro atoms. The van der Waals surface area contributed by atoms with Crippen LogP contribution in [0, 0.1) is 11.6 Å². The quantitative estimate of drug-likeness (QED) is 0.165. The molecule has 0 unspecified atom stereocenters. The van der Waals surface area contributed by atoms with Crippen LogP contribution in [0.1, 0.15) is 16.1 Å². The Hall–Kier alpha value is -4.46. The Morgan fingerprint density at radius 1 is 1.14 bits per heavy atom. The molecule has 4 rings (SSSR count). The third-order valence-electron chi connectivity index (χ3n) is 4.81. The van der Waals surface area contributed by atoms with Crippen molar-refractivity contribution in [3.8, 4) is 17.0 Å². The second kappa shape index (κ2) is 9.89. The number of phenolic OH excluding ortho intramolecular Hbond substituents is 1. The van der Waals surface area contributed by atoms with E-state index in [1.807, 2.05) is 0 Å². The summed E-state index contributed by atoms with van der Waals surface area (Å²) in [6, 6.07) is 8.37.